The second-order valence-corrected chi connectivity index (χ2v) is 7.90. The number of halogens is 1. The summed E-state index contributed by atoms with van der Waals surface area (Å²) in [5.74, 6) is 0.617. The van der Waals surface area contributed by atoms with Crippen LogP contribution in [-0.4, -0.2) is 6.66 Å². The molecule has 2 aromatic rings. The Morgan fingerprint density at radius 1 is 1.10 bits per heavy atom. The first-order valence-electron chi connectivity index (χ1n) is 6.38. The van der Waals surface area contributed by atoms with Crippen molar-refractivity contribution >= 4 is 35.8 Å². The Balaban J connectivity index is 2.06. The van der Waals surface area contributed by atoms with Crippen molar-refractivity contribution in [2.24, 2.45) is 0 Å². The molecular weight excluding hydrogens is 384 g/mol. The summed E-state index contributed by atoms with van der Waals surface area (Å²) in [6.07, 6.45) is 0.977. The second kappa shape index (κ2) is 6.64. The zero-order chi connectivity index (χ0) is 14.6. The average Bonchev–Trinajstić information content (AvgIpc) is 2.41. The summed E-state index contributed by atoms with van der Waals surface area (Å²) in [5, 5.41) is 2.95. The van der Waals surface area contributed by atoms with E-state index in [9.17, 15) is 4.57 Å². The third-order valence-corrected chi connectivity index (χ3v) is 4.73. The third kappa shape index (κ3) is 4.53. The molecule has 2 aromatic carbocycles. The van der Waals surface area contributed by atoms with E-state index in [0.29, 0.717) is 5.75 Å². The van der Waals surface area contributed by atoms with Crippen LogP contribution in [0.5, 0.6) is 5.75 Å². The highest BCUT2D eigenvalue weighted by Gasteiger charge is 2.17. The molecule has 0 heterocycles. The van der Waals surface area contributed by atoms with Gasteiger partial charge >= 0.3 is 7.52 Å². The largest absolute Gasteiger partial charge is 0.429 e. The molecule has 0 amide bonds. The smallest absolute Gasteiger partial charge is 0.338 e. The van der Waals surface area contributed by atoms with Gasteiger partial charge < -0.3 is 9.61 Å². The third-order valence-electron chi connectivity index (χ3n) is 2.79. The Labute approximate surface area is 133 Å². The number of hydrogen-bond acceptors (Lipinski definition) is 2. The van der Waals surface area contributed by atoms with Gasteiger partial charge in [-0.25, -0.2) is 0 Å². The van der Waals surface area contributed by atoms with Crippen LogP contribution in [0.2, 0.25) is 0 Å². The van der Waals surface area contributed by atoms with Crippen LogP contribution in [-0.2, 0) is 11.0 Å². The van der Waals surface area contributed by atoms with Crippen molar-refractivity contribution in [3.63, 3.8) is 0 Å². The van der Waals surface area contributed by atoms with E-state index in [-0.39, 0.29) is 0 Å². The van der Waals surface area contributed by atoms with Crippen LogP contribution in [0.1, 0.15) is 12.5 Å². The van der Waals surface area contributed by atoms with E-state index in [2.05, 4.69) is 34.6 Å². The Hall–Kier alpha value is -1.00. The highest BCUT2D eigenvalue weighted by molar-refractivity contribution is 14.1. The standard InChI is InChI=1S/C15H17INO2P/c1-3-12-4-10-15(11-5-12)19-20(2,18)17-14-8-6-13(16)7-9-14/h4-11H,3H2,1-2H3,(H,17,18)/t20-/m0/s1. The minimum absolute atomic E-state index is 0.617. The van der Waals surface area contributed by atoms with Crippen LogP contribution < -0.4 is 9.61 Å². The van der Waals surface area contributed by atoms with Crippen LogP contribution in [0.4, 0.5) is 5.69 Å². The molecule has 0 fully saturated rings. The predicted molar refractivity (Wildman–Crippen MR) is 92.8 cm³/mol. The van der Waals surface area contributed by atoms with E-state index >= 15 is 0 Å². The fourth-order valence-corrected chi connectivity index (χ4v) is 3.32. The summed E-state index contributed by atoms with van der Waals surface area (Å²) in [6.45, 7) is 3.68. The molecule has 20 heavy (non-hydrogen) atoms. The highest BCUT2D eigenvalue weighted by Crippen LogP contribution is 2.43. The van der Waals surface area contributed by atoms with Crippen molar-refractivity contribution in [1.29, 1.82) is 0 Å². The number of benzene rings is 2. The topological polar surface area (TPSA) is 38.3 Å². The van der Waals surface area contributed by atoms with Crippen LogP contribution in [0, 0.1) is 3.57 Å². The Kier molecular flexibility index (Phi) is 5.11. The van der Waals surface area contributed by atoms with Crippen molar-refractivity contribution < 1.29 is 9.09 Å². The zero-order valence-corrected chi connectivity index (χ0v) is 14.5. The first kappa shape index (κ1) is 15.4. The fraction of sp³-hybridized carbons (Fsp3) is 0.200. The molecule has 0 radical (unpaired) electrons. The monoisotopic (exact) mass is 401 g/mol. The van der Waals surface area contributed by atoms with Gasteiger partial charge in [-0.2, -0.15) is 0 Å². The summed E-state index contributed by atoms with van der Waals surface area (Å²) >= 11 is 2.23. The van der Waals surface area contributed by atoms with Gasteiger partial charge in [0, 0.05) is 15.9 Å². The van der Waals surface area contributed by atoms with Gasteiger partial charge in [0.25, 0.3) is 0 Å². The van der Waals surface area contributed by atoms with Crippen LogP contribution in [0.15, 0.2) is 48.5 Å². The highest BCUT2D eigenvalue weighted by atomic mass is 127. The number of nitrogens with one attached hydrogen (secondary N) is 1. The van der Waals surface area contributed by atoms with Gasteiger partial charge in [0.1, 0.15) is 5.75 Å². The lowest BCUT2D eigenvalue weighted by atomic mass is 10.2. The van der Waals surface area contributed by atoms with Gasteiger partial charge in [-0.1, -0.05) is 19.1 Å². The summed E-state index contributed by atoms with van der Waals surface area (Å²) < 4.78 is 19.2. The molecule has 0 bridgehead atoms. The maximum absolute atomic E-state index is 12.5. The normalized spacial score (nSPS) is 13.6. The van der Waals surface area contributed by atoms with Gasteiger partial charge in [0.15, 0.2) is 0 Å². The zero-order valence-electron chi connectivity index (χ0n) is 11.5. The Morgan fingerprint density at radius 2 is 1.70 bits per heavy atom. The molecule has 0 aromatic heterocycles. The number of rotatable bonds is 5. The van der Waals surface area contributed by atoms with Crippen molar-refractivity contribution in [1.82, 2.24) is 0 Å². The van der Waals surface area contributed by atoms with E-state index in [4.69, 9.17) is 4.52 Å². The molecule has 1 N–H and O–H groups in total. The molecule has 0 aliphatic carbocycles. The molecular formula is C15H17INO2P. The van der Waals surface area contributed by atoms with E-state index in [1.807, 2.05) is 48.5 Å². The van der Waals surface area contributed by atoms with Crippen LogP contribution >= 0.6 is 30.1 Å². The molecule has 0 saturated carbocycles. The molecule has 1 atom stereocenters. The molecule has 2 rings (SSSR count). The van der Waals surface area contributed by atoms with Gasteiger partial charge in [-0.15, -0.1) is 0 Å². The summed E-state index contributed by atoms with van der Waals surface area (Å²) in [5.41, 5.74) is 2.02. The Morgan fingerprint density at radius 3 is 2.25 bits per heavy atom. The average molecular weight is 401 g/mol. The molecule has 5 heteroatoms. The first-order chi connectivity index (χ1) is 9.48. The van der Waals surface area contributed by atoms with Crippen molar-refractivity contribution in [2.45, 2.75) is 13.3 Å². The fourth-order valence-electron chi connectivity index (χ4n) is 1.77. The minimum Gasteiger partial charge on any atom is -0.429 e. The Bertz CT molecular complexity index is 611. The number of anilines is 1. The van der Waals surface area contributed by atoms with Gasteiger partial charge in [0.05, 0.1) is 0 Å². The lowest BCUT2D eigenvalue weighted by Gasteiger charge is -2.17. The van der Waals surface area contributed by atoms with Crippen molar-refractivity contribution in [2.75, 3.05) is 11.8 Å². The summed E-state index contributed by atoms with van der Waals surface area (Å²) in [7, 11) is -2.93. The molecule has 3 nitrogen and oxygen atoms in total. The van der Waals surface area contributed by atoms with Crippen molar-refractivity contribution in [3.05, 3.63) is 57.7 Å². The lowest BCUT2D eigenvalue weighted by Crippen LogP contribution is -2.02. The maximum atomic E-state index is 12.5. The lowest BCUT2D eigenvalue weighted by molar-refractivity contribution is 0.493. The van der Waals surface area contributed by atoms with Gasteiger partial charge in [-0.05, 0) is 71.0 Å². The van der Waals surface area contributed by atoms with Gasteiger partial charge in [-0.3, -0.25) is 4.57 Å². The van der Waals surface area contributed by atoms with E-state index in [1.54, 1.807) is 6.66 Å². The summed E-state index contributed by atoms with van der Waals surface area (Å²) in [6, 6.07) is 15.4. The quantitative estimate of drug-likeness (QED) is 0.555. The van der Waals surface area contributed by atoms with E-state index < -0.39 is 7.52 Å². The number of hydrogen-bond donors (Lipinski definition) is 1. The molecule has 0 aliphatic rings. The predicted octanol–water partition coefficient (Wildman–Crippen LogP) is 5.17. The van der Waals surface area contributed by atoms with Crippen molar-refractivity contribution in [3.8, 4) is 5.75 Å². The summed E-state index contributed by atoms with van der Waals surface area (Å²) in [4.78, 5) is 0. The first-order valence-corrected chi connectivity index (χ1v) is 9.53. The molecule has 106 valence electrons. The van der Waals surface area contributed by atoms with Crippen LogP contribution in [0.3, 0.4) is 0 Å². The molecule has 0 saturated heterocycles. The minimum atomic E-state index is -2.93. The van der Waals surface area contributed by atoms with Gasteiger partial charge in [0.2, 0.25) is 0 Å². The molecule has 0 spiro atoms. The maximum Gasteiger partial charge on any atom is 0.338 e. The van der Waals surface area contributed by atoms with E-state index in [1.165, 1.54) is 5.56 Å². The molecule has 0 unspecified atom stereocenters. The SMILES string of the molecule is CCc1ccc(O[P@](C)(=O)Nc2ccc(I)cc2)cc1. The van der Waals surface area contributed by atoms with E-state index in [0.717, 1.165) is 15.7 Å². The number of aryl methyl sites for hydroxylation is 1. The molecule has 0 aliphatic heterocycles. The second-order valence-electron chi connectivity index (χ2n) is 4.55. The van der Waals surface area contributed by atoms with Crippen LogP contribution in [0.25, 0.3) is 0 Å².